The Kier molecular flexibility index (Phi) is 5.43. The average Bonchev–Trinajstić information content (AvgIpc) is 3.21. The monoisotopic (exact) mass is 372 g/mol. The summed E-state index contributed by atoms with van der Waals surface area (Å²) >= 11 is 0. The molecule has 0 fully saturated rings. The number of rotatable bonds is 7. The summed E-state index contributed by atoms with van der Waals surface area (Å²) in [7, 11) is 0. The Morgan fingerprint density at radius 3 is 2.50 bits per heavy atom. The van der Waals surface area contributed by atoms with E-state index in [2.05, 4.69) is 27.6 Å². The van der Waals surface area contributed by atoms with Crippen LogP contribution in [0, 0.1) is 5.82 Å². The molecule has 5 heteroatoms. The van der Waals surface area contributed by atoms with Gasteiger partial charge in [-0.15, -0.1) is 0 Å². The molecule has 0 saturated heterocycles. The molecule has 0 atom stereocenters. The van der Waals surface area contributed by atoms with Crippen molar-refractivity contribution in [3.8, 4) is 11.3 Å². The number of H-pyrrole nitrogens is 1. The van der Waals surface area contributed by atoms with Crippen molar-refractivity contribution in [2.75, 3.05) is 5.32 Å². The quantitative estimate of drug-likeness (QED) is 0.480. The lowest BCUT2D eigenvalue weighted by Crippen LogP contribution is -2.03. The molecule has 2 aromatic carbocycles. The Bertz CT molecular complexity index is 1030. The predicted octanol–water partition coefficient (Wildman–Crippen LogP) is 5.01. The molecule has 0 unspecified atom stereocenters. The Balaban J connectivity index is 1.35. The van der Waals surface area contributed by atoms with Crippen molar-refractivity contribution in [1.82, 2.24) is 15.2 Å². The molecule has 2 aromatic heterocycles. The van der Waals surface area contributed by atoms with Crippen LogP contribution in [0.1, 0.15) is 17.0 Å². The fraction of sp³-hybridized carbons (Fsp3) is 0.130. The minimum absolute atomic E-state index is 0.244. The normalized spacial score (nSPS) is 10.8. The summed E-state index contributed by atoms with van der Waals surface area (Å²) in [6.07, 6.45) is 1.62. The van der Waals surface area contributed by atoms with Crippen molar-refractivity contribution in [3.63, 3.8) is 0 Å². The topological polar surface area (TPSA) is 53.6 Å². The van der Waals surface area contributed by atoms with E-state index < -0.39 is 0 Å². The molecule has 140 valence electrons. The van der Waals surface area contributed by atoms with Gasteiger partial charge in [0.25, 0.3) is 0 Å². The minimum Gasteiger partial charge on any atom is -0.366 e. The van der Waals surface area contributed by atoms with Gasteiger partial charge in [-0.3, -0.25) is 5.10 Å². The second kappa shape index (κ2) is 8.48. The lowest BCUT2D eigenvalue weighted by atomic mass is 10.1. The second-order valence-electron chi connectivity index (χ2n) is 6.64. The summed E-state index contributed by atoms with van der Waals surface area (Å²) in [6, 6.07) is 24.7. The molecule has 0 aliphatic carbocycles. The van der Waals surface area contributed by atoms with Crippen LogP contribution in [-0.4, -0.2) is 15.2 Å². The second-order valence-corrected chi connectivity index (χ2v) is 6.64. The van der Waals surface area contributed by atoms with Gasteiger partial charge in [-0.2, -0.15) is 5.10 Å². The maximum Gasteiger partial charge on any atom is 0.126 e. The van der Waals surface area contributed by atoms with E-state index in [4.69, 9.17) is 4.98 Å². The molecule has 28 heavy (non-hydrogen) atoms. The Labute approximate surface area is 163 Å². The van der Waals surface area contributed by atoms with Crippen LogP contribution in [0.15, 0.2) is 78.9 Å². The van der Waals surface area contributed by atoms with Gasteiger partial charge in [-0.1, -0.05) is 36.4 Å². The molecule has 0 amide bonds. The number of halogens is 1. The lowest BCUT2D eigenvalue weighted by molar-refractivity contribution is 0.628. The molecule has 0 aliphatic heterocycles. The molecular formula is C23H21FN4. The van der Waals surface area contributed by atoms with E-state index in [0.717, 1.165) is 47.8 Å². The standard InChI is InChI=1S/C23H21FN4/c24-19-11-9-18(10-12-19)22-15-21(27-28-22)14-13-20-7-4-8-23(26-20)25-16-17-5-2-1-3-6-17/h1-12,15H,13-14,16H2,(H,25,26)(H,27,28). The van der Waals surface area contributed by atoms with E-state index in [1.54, 1.807) is 12.1 Å². The van der Waals surface area contributed by atoms with E-state index in [-0.39, 0.29) is 5.82 Å². The molecule has 0 bridgehead atoms. The molecule has 0 radical (unpaired) electrons. The molecular weight excluding hydrogens is 351 g/mol. The molecule has 4 aromatic rings. The van der Waals surface area contributed by atoms with E-state index in [0.29, 0.717) is 0 Å². The Hall–Kier alpha value is -3.47. The van der Waals surface area contributed by atoms with Crippen LogP contribution < -0.4 is 5.32 Å². The van der Waals surface area contributed by atoms with E-state index in [9.17, 15) is 4.39 Å². The van der Waals surface area contributed by atoms with E-state index in [1.165, 1.54) is 17.7 Å². The number of aromatic amines is 1. The van der Waals surface area contributed by atoms with Crippen LogP contribution in [0.2, 0.25) is 0 Å². The van der Waals surface area contributed by atoms with E-state index in [1.807, 2.05) is 42.5 Å². The first kappa shape index (κ1) is 17.9. The van der Waals surface area contributed by atoms with Crippen LogP contribution in [0.5, 0.6) is 0 Å². The van der Waals surface area contributed by atoms with Gasteiger partial charge in [-0.05, 0) is 60.9 Å². The van der Waals surface area contributed by atoms with Crippen molar-refractivity contribution < 1.29 is 4.39 Å². The fourth-order valence-electron chi connectivity index (χ4n) is 3.03. The SMILES string of the molecule is Fc1ccc(-c2cc(CCc3cccc(NCc4ccccc4)n3)[nH]n2)cc1. The molecule has 0 spiro atoms. The van der Waals surface area contributed by atoms with Crippen molar-refractivity contribution in [1.29, 1.82) is 0 Å². The number of anilines is 1. The van der Waals surface area contributed by atoms with Gasteiger partial charge in [-0.25, -0.2) is 9.37 Å². The minimum atomic E-state index is -0.244. The fourth-order valence-corrected chi connectivity index (χ4v) is 3.03. The third-order valence-corrected chi connectivity index (χ3v) is 4.54. The maximum atomic E-state index is 13.1. The number of pyridine rings is 1. The number of hydrogen-bond acceptors (Lipinski definition) is 3. The average molecular weight is 372 g/mol. The highest BCUT2D eigenvalue weighted by Crippen LogP contribution is 2.19. The molecule has 0 saturated carbocycles. The number of benzene rings is 2. The third kappa shape index (κ3) is 4.62. The van der Waals surface area contributed by atoms with Crippen LogP contribution in [0.4, 0.5) is 10.2 Å². The van der Waals surface area contributed by atoms with Gasteiger partial charge in [0, 0.05) is 23.5 Å². The summed E-state index contributed by atoms with van der Waals surface area (Å²) in [5.41, 5.74) is 5.00. The maximum absolute atomic E-state index is 13.1. The van der Waals surface area contributed by atoms with Crippen LogP contribution >= 0.6 is 0 Å². The van der Waals surface area contributed by atoms with Gasteiger partial charge in [0.15, 0.2) is 0 Å². The zero-order valence-corrected chi connectivity index (χ0v) is 15.4. The molecule has 0 aliphatic rings. The third-order valence-electron chi connectivity index (χ3n) is 4.54. The highest BCUT2D eigenvalue weighted by atomic mass is 19.1. The van der Waals surface area contributed by atoms with Gasteiger partial charge in [0.05, 0.1) is 5.69 Å². The molecule has 2 N–H and O–H groups in total. The Morgan fingerprint density at radius 2 is 1.68 bits per heavy atom. The van der Waals surface area contributed by atoms with Gasteiger partial charge in [0.2, 0.25) is 0 Å². The van der Waals surface area contributed by atoms with Gasteiger partial charge >= 0.3 is 0 Å². The largest absolute Gasteiger partial charge is 0.366 e. The number of nitrogens with one attached hydrogen (secondary N) is 2. The van der Waals surface area contributed by atoms with Crippen molar-refractivity contribution in [3.05, 3.63) is 102 Å². The van der Waals surface area contributed by atoms with Crippen molar-refractivity contribution in [2.45, 2.75) is 19.4 Å². The van der Waals surface area contributed by atoms with Crippen LogP contribution in [-0.2, 0) is 19.4 Å². The van der Waals surface area contributed by atoms with E-state index >= 15 is 0 Å². The Morgan fingerprint density at radius 1 is 0.857 bits per heavy atom. The summed E-state index contributed by atoms with van der Waals surface area (Å²) in [6.45, 7) is 0.749. The number of aromatic nitrogens is 3. The summed E-state index contributed by atoms with van der Waals surface area (Å²) in [5.74, 6) is 0.629. The van der Waals surface area contributed by atoms with Gasteiger partial charge < -0.3 is 5.32 Å². The summed E-state index contributed by atoms with van der Waals surface area (Å²) < 4.78 is 13.1. The van der Waals surface area contributed by atoms with Crippen molar-refractivity contribution in [2.24, 2.45) is 0 Å². The lowest BCUT2D eigenvalue weighted by Gasteiger charge is -2.07. The highest BCUT2D eigenvalue weighted by Gasteiger charge is 2.06. The summed E-state index contributed by atoms with van der Waals surface area (Å²) in [5, 5.41) is 10.8. The predicted molar refractivity (Wildman–Crippen MR) is 109 cm³/mol. The number of aryl methyl sites for hydroxylation is 2. The van der Waals surface area contributed by atoms with Crippen molar-refractivity contribution >= 4 is 5.82 Å². The van der Waals surface area contributed by atoms with Crippen LogP contribution in [0.25, 0.3) is 11.3 Å². The number of hydrogen-bond donors (Lipinski definition) is 2. The smallest absolute Gasteiger partial charge is 0.126 e. The zero-order chi connectivity index (χ0) is 19.2. The highest BCUT2D eigenvalue weighted by molar-refractivity contribution is 5.59. The first-order valence-electron chi connectivity index (χ1n) is 9.30. The summed E-state index contributed by atoms with van der Waals surface area (Å²) in [4.78, 5) is 4.69. The first-order valence-corrected chi connectivity index (χ1v) is 9.30. The molecule has 4 rings (SSSR count). The molecule has 4 nitrogen and oxygen atoms in total. The number of nitrogens with zero attached hydrogens (tertiary/aromatic N) is 2. The van der Waals surface area contributed by atoms with Crippen LogP contribution in [0.3, 0.4) is 0 Å². The zero-order valence-electron chi connectivity index (χ0n) is 15.4. The van der Waals surface area contributed by atoms with Gasteiger partial charge in [0.1, 0.15) is 11.6 Å². The first-order chi connectivity index (χ1) is 13.8. The molecule has 2 heterocycles.